The van der Waals surface area contributed by atoms with Gasteiger partial charge >= 0.3 is 0 Å². The first kappa shape index (κ1) is 18.8. The van der Waals surface area contributed by atoms with Gasteiger partial charge in [0.25, 0.3) is 0 Å². The highest BCUT2D eigenvalue weighted by Gasteiger charge is 2.20. The molecule has 7 heteroatoms. The molecule has 154 valence electrons. The van der Waals surface area contributed by atoms with Crippen molar-refractivity contribution in [1.29, 1.82) is 0 Å². The van der Waals surface area contributed by atoms with Crippen LogP contribution in [0.2, 0.25) is 0 Å². The predicted molar refractivity (Wildman–Crippen MR) is 116 cm³/mol. The van der Waals surface area contributed by atoms with Gasteiger partial charge in [-0.25, -0.2) is 4.98 Å². The van der Waals surface area contributed by atoms with Crippen LogP contribution in [0.3, 0.4) is 0 Å². The Morgan fingerprint density at radius 2 is 1.93 bits per heavy atom. The van der Waals surface area contributed by atoms with Gasteiger partial charge in [0.05, 0.1) is 16.7 Å². The van der Waals surface area contributed by atoms with E-state index >= 15 is 0 Å². The molecule has 3 aromatic heterocycles. The summed E-state index contributed by atoms with van der Waals surface area (Å²) in [6.45, 7) is 7.58. The normalized spacial score (nSPS) is 15.0. The fourth-order valence-electron chi connectivity index (χ4n) is 4.21. The summed E-state index contributed by atoms with van der Waals surface area (Å²) in [5.41, 5.74) is 8.12. The number of pyridine rings is 1. The van der Waals surface area contributed by atoms with Crippen LogP contribution in [0.4, 0.5) is 5.95 Å². The van der Waals surface area contributed by atoms with Crippen LogP contribution in [0.15, 0.2) is 35.1 Å². The van der Waals surface area contributed by atoms with Gasteiger partial charge < -0.3 is 19.6 Å². The average molecular weight is 403 g/mol. The molecular weight excluding hydrogens is 378 g/mol. The number of H-pyrrole nitrogens is 1. The highest BCUT2D eigenvalue weighted by Crippen LogP contribution is 2.37. The second-order valence-corrected chi connectivity index (χ2v) is 7.93. The van der Waals surface area contributed by atoms with Gasteiger partial charge in [-0.15, -0.1) is 0 Å². The topological polar surface area (TPSA) is 88.9 Å². The van der Waals surface area contributed by atoms with Crippen molar-refractivity contribution < 1.29 is 9.26 Å². The average Bonchev–Trinajstić information content (AvgIpc) is 3.30. The SMILES string of the molecule is Cc1ccncc1-c1cc(-c2c(C)noc2C)cc2[nH]c(NC3CCOCC3)nc12. The fraction of sp³-hybridized carbons (Fsp3) is 0.348. The minimum Gasteiger partial charge on any atom is -0.381 e. The fourth-order valence-corrected chi connectivity index (χ4v) is 4.21. The van der Waals surface area contributed by atoms with E-state index in [0.717, 1.165) is 82.3 Å². The smallest absolute Gasteiger partial charge is 0.201 e. The lowest BCUT2D eigenvalue weighted by Gasteiger charge is -2.22. The molecule has 0 unspecified atom stereocenters. The van der Waals surface area contributed by atoms with Gasteiger partial charge in [-0.1, -0.05) is 5.16 Å². The van der Waals surface area contributed by atoms with Crippen LogP contribution < -0.4 is 5.32 Å². The molecule has 7 nitrogen and oxygen atoms in total. The van der Waals surface area contributed by atoms with Crippen LogP contribution in [0.25, 0.3) is 33.3 Å². The van der Waals surface area contributed by atoms with Crippen molar-refractivity contribution in [2.24, 2.45) is 0 Å². The number of aryl methyl sites for hydroxylation is 3. The molecule has 1 aliphatic rings. The molecule has 0 radical (unpaired) electrons. The molecule has 0 saturated carbocycles. The first-order valence-corrected chi connectivity index (χ1v) is 10.3. The molecule has 0 amide bonds. The Labute approximate surface area is 174 Å². The number of ether oxygens (including phenoxy) is 1. The Bertz CT molecular complexity index is 1180. The van der Waals surface area contributed by atoms with Crippen LogP contribution in [0.1, 0.15) is 29.9 Å². The molecule has 1 fully saturated rings. The highest BCUT2D eigenvalue weighted by atomic mass is 16.5. The molecule has 1 aliphatic heterocycles. The maximum atomic E-state index is 5.47. The maximum Gasteiger partial charge on any atom is 0.201 e. The molecule has 5 rings (SSSR count). The lowest BCUT2D eigenvalue weighted by molar-refractivity contribution is 0.0903. The minimum absolute atomic E-state index is 0.366. The number of aromatic amines is 1. The quantitative estimate of drug-likeness (QED) is 0.509. The largest absolute Gasteiger partial charge is 0.381 e. The zero-order valence-electron chi connectivity index (χ0n) is 17.5. The second-order valence-electron chi connectivity index (χ2n) is 7.93. The number of nitrogens with zero attached hydrogens (tertiary/aromatic N) is 3. The molecule has 0 aliphatic carbocycles. The van der Waals surface area contributed by atoms with Crippen molar-refractivity contribution in [3.8, 4) is 22.3 Å². The van der Waals surface area contributed by atoms with Crippen molar-refractivity contribution in [1.82, 2.24) is 20.1 Å². The van der Waals surface area contributed by atoms with E-state index in [1.165, 1.54) is 0 Å². The molecule has 1 saturated heterocycles. The number of aromatic nitrogens is 4. The van der Waals surface area contributed by atoms with Crippen molar-refractivity contribution in [3.63, 3.8) is 0 Å². The Hall–Kier alpha value is -3.19. The Kier molecular flexibility index (Phi) is 4.75. The number of benzene rings is 1. The Morgan fingerprint density at radius 3 is 2.67 bits per heavy atom. The van der Waals surface area contributed by atoms with Crippen LogP contribution in [-0.4, -0.2) is 39.4 Å². The minimum atomic E-state index is 0.366. The molecule has 4 aromatic rings. The number of nitrogens with one attached hydrogen (secondary N) is 2. The number of anilines is 1. The number of hydrogen-bond donors (Lipinski definition) is 2. The summed E-state index contributed by atoms with van der Waals surface area (Å²) in [6.07, 6.45) is 5.68. The van der Waals surface area contributed by atoms with Gasteiger partial charge in [0.1, 0.15) is 5.76 Å². The Morgan fingerprint density at radius 1 is 1.10 bits per heavy atom. The zero-order chi connectivity index (χ0) is 20.7. The van der Waals surface area contributed by atoms with E-state index in [1.54, 1.807) is 0 Å². The van der Waals surface area contributed by atoms with Gasteiger partial charge in [-0.05, 0) is 62.9 Å². The maximum absolute atomic E-state index is 5.47. The van der Waals surface area contributed by atoms with Crippen LogP contribution >= 0.6 is 0 Å². The number of imidazole rings is 1. The van der Waals surface area contributed by atoms with Crippen LogP contribution in [-0.2, 0) is 4.74 Å². The Balaban J connectivity index is 1.67. The number of rotatable bonds is 4. The summed E-state index contributed by atoms with van der Waals surface area (Å²) in [5, 5.41) is 7.69. The summed E-state index contributed by atoms with van der Waals surface area (Å²) < 4.78 is 10.9. The number of fused-ring (bicyclic) bond motifs is 1. The van der Waals surface area contributed by atoms with Gasteiger partial charge in [-0.3, -0.25) is 4.98 Å². The van der Waals surface area contributed by atoms with Gasteiger partial charge in [0.2, 0.25) is 5.95 Å². The van der Waals surface area contributed by atoms with E-state index in [9.17, 15) is 0 Å². The first-order chi connectivity index (χ1) is 14.6. The molecule has 4 heterocycles. The molecule has 0 atom stereocenters. The lowest BCUT2D eigenvalue weighted by Crippen LogP contribution is -2.28. The van der Waals surface area contributed by atoms with E-state index in [-0.39, 0.29) is 0 Å². The van der Waals surface area contributed by atoms with Crippen molar-refractivity contribution in [3.05, 3.63) is 47.6 Å². The van der Waals surface area contributed by atoms with Crippen molar-refractivity contribution in [2.45, 2.75) is 39.7 Å². The molecule has 0 spiro atoms. The molecule has 0 bridgehead atoms. The van der Waals surface area contributed by atoms with E-state index < -0.39 is 0 Å². The van der Waals surface area contributed by atoms with Crippen LogP contribution in [0.5, 0.6) is 0 Å². The monoisotopic (exact) mass is 403 g/mol. The summed E-state index contributed by atoms with van der Waals surface area (Å²) in [5.74, 6) is 1.59. The first-order valence-electron chi connectivity index (χ1n) is 10.3. The molecule has 2 N–H and O–H groups in total. The number of hydrogen-bond acceptors (Lipinski definition) is 6. The van der Waals surface area contributed by atoms with Crippen molar-refractivity contribution >= 4 is 17.0 Å². The summed E-state index contributed by atoms with van der Waals surface area (Å²) in [6, 6.07) is 6.68. The zero-order valence-corrected chi connectivity index (χ0v) is 17.5. The summed E-state index contributed by atoms with van der Waals surface area (Å²) >= 11 is 0. The lowest BCUT2D eigenvalue weighted by atomic mass is 9.95. The third-order valence-electron chi connectivity index (χ3n) is 5.80. The molecule has 30 heavy (non-hydrogen) atoms. The summed E-state index contributed by atoms with van der Waals surface area (Å²) in [7, 11) is 0. The van der Waals surface area contributed by atoms with Crippen molar-refractivity contribution in [2.75, 3.05) is 18.5 Å². The van der Waals surface area contributed by atoms with E-state index in [0.29, 0.717) is 6.04 Å². The van der Waals surface area contributed by atoms with Gasteiger partial charge in [-0.2, -0.15) is 0 Å². The third kappa shape index (κ3) is 3.35. The second kappa shape index (κ2) is 7.57. The third-order valence-corrected chi connectivity index (χ3v) is 5.80. The van der Waals surface area contributed by atoms with Gasteiger partial charge in [0, 0.05) is 48.3 Å². The molecule has 1 aromatic carbocycles. The standard InChI is InChI=1S/C23H25N5O2/c1-13-4-7-24-12-19(13)18-10-16(21-14(2)28-30-15(21)3)11-20-22(18)27-23(26-20)25-17-5-8-29-9-6-17/h4,7,10-12,17H,5-6,8-9H2,1-3H3,(H2,25,26,27). The van der Waals surface area contributed by atoms with E-state index in [1.807, 2.05) is 32.3 Å². The summed E-state index contributed by atoms with van der Waals surface area (Å²) in [4.78, 5) is 12.8. The van der Waals surface area contributed by atoms with Gasteiger partial charge in [0.15, 0.2) is 0 Å². The highest BCUT2D eigenvalue weighted by molar-refractivity contribution is 5.97. The van der Waals surface area contributed by atoms with Crippen LogP contribution in [0, 0.1) is 20.8 Å². The molecular formula is C23H25N5O2. The predicted octanol–water partition coefficient (Wildman–Crippen LogP) is 4.80. The van der Waals surface area contributed by atoms with E-state index in [2.05, 4.69) is 39.5 Å². The van der Waals surface area contributed by atoms with E-state index in [4.69, 9.17) is 14.2 Å².